The molecule has 0 saturated heterocycles. The summed E-state index contributed by atoms with van der Waals surface area (Å²) in [7, 11) is 0. The van der Waals surface area contributed by atoms with E-state index in [9.17, 15) is 4.79 Å². The number of carbonyl (C=O) groups excluding carboxylic acids is 1. The van der Waals surface area contributed by atoms with Gasteiger partial charge in [-0.3, -0.25) is 4.79 Å². The van der Waals surface area contributed by atoms with Crippen molar-refractivity contribution in [3.8, 4) is 5.75 Å². The van der Waals surface area contributed by atoms with E-state index in [4.69, 9.17) is 4.74 Å². The molecule has 1 aromatic carbocycles. The third-order valence-corrected chi connectivity index (χ3v) is 5.38. The van der Waals surface area contributed by atoms with Gasteiger partial charge in [-0.15, -0.1) is 11.8 Å². The second-order valence-corrected chi connectivity index (χ2v) is 7.24. The number of amides is 1. The van der Waals surface area contributed by atoms with Crippen molar-refractivity contribution >= 4 is 23.5 Å². The Hall–Kier alpha value is -1.95. The van der Waals surface area contributed by atoms with E-state index in [1.165, 1.54) is 31.0 Å². The molecule has 0 aliphatic heterocycles. The molecule has 0 spiro atoms. The maximum Gasteiger partial charge on any atom is 0.235 e. The highest BCUT2D eigenvalue weighted by Gasteiger charge is 2.19. The molecule has 1 aliphatic rings. The van der Waals surface area contributed by atoms with Gasteiger partial charge in [-0.25, -0.2) is 4.68 Å². The molecule has 6 heteroatoms. The van der Waals surface area contributed by atoms with Crippen LogP contribution in [-0.4, -0.2) is 28.0 Å². The Kier molecular flexibility index (Phi) is 6.39. The first-order valence-electron chi connectivity index (χ1n) is 8.95. The number of ether oxygens (including phenoxy) is 1. The Morgan fingerprint density at radius 3 is 2.72 bits per heavy atom. The number of carbonyl (C=O) groups is 1. The summed E-state index contributed by atoms with van der Waals surface area (Å²) in [6.07, 6.45) is 7.84. The van der Waals surface area contributed by atoms with Gasteiger partial charge < -0.3 is 10.1 Å². The molecule has 0 bridgehead atoms. The first-order chi connectivity index (χ1) is 12.3. The summed E-state index contributed by atoms with van der Waals surface area (Å²) < 4.78 is 7.41. The second kappa shape index (κ2) is 8.94. The molecule has 2 aromatic rings. The van der Waals surface area contributed by atoms with Gasteiger partial charge in [0.25, 0.3) is 0 Å². The highest BCUT2D eigenvalue weighted by molar-refractivity contribution is 8.00. The molecule has 0 atom stereocenters. The third kappa shape index (κ3) is 5.01. The summed E-state index contributed by atoms with van der Waals surface area (Å²) in [6.45, 7) is 2.62. The van der Waals surface area contributed by atoms with Crippen LogP contribution in [0.4, 0.5) is 5.82 Å². The first-order valence-corrected chi connectivity index (χ1v) is 9.94. The second-order valence-electron chi connectivity index (χ2n) is 6.19. The van der Waals surface area contributed by atoms with Crippen molar-refractivity contribution in [2.45, 2.75) is 50.0 Å². The molecule has 134 valence electrons. The number of thioether (sulfide) groups is 1. The topological polar surface area (TPSA) is 56.1 Å². The molecule has 1 heterocycles. The fourth-order valence-electron chi connectivity index (χ4n) is 3.16. The average Bonchev–Trinajstić information content (AvgIpc) is 3.10. The lowest BCUT2D eigenvalue weighted by molar-refractivity contribution is -0.113. The van der Waals surface area contributed by atoms with E-state index in [1.807, 2.05) is 41.9 Å². The third-order valence-electron chi connectivity index (χ3n) is 4.36. The molecule has 1 aromatic heterocycles. The molecule has 0 radical (unpaired) electrons. The lowest BCUT2D eigenvalue weighted by Gasteiger charge is -2.23. The van der Waals surface area contributed by atoms with Gasteiger partial charge >= 0.3 is 0 Å². The van der Waals surface area contributed by atoms with Gasteiger partial charge in [-0.2, -0.15) is 5.10 Å². The molecule has 1 N–H and O–H groups in total. The van der Waals surface area contributed by atoms with Gasteiger partial charge in [-0.05, 0) is 44.0 Å². The van der Waals surface area contributed by atoms with Gasteiger partial charge in [0.1, 0.15) is 11.6 Å². The fourth-order valence-corrected chi connectivity index (χ4v) is 3.85. The van der Waals surface area contributed by atoms with Crippen LogP contribution in [0.2, 0.25) is 0 Å². The van der Waals surface area contributed by atoms with Crippen molar-refractivity contribution < 1.29 is 9.53 Å². The van der Waals surface area contributed by atoms with Crippen LogP contribution in [-0.2, 0) is 4.79 Å². The molecule has 3 rings (SSSR count). The minimum Gasteiger partial charge on any atom is -0.494 e. The Labute approximate surface area is 153 Å². The van der Waals surface area contributed by atoms with Crippen molar-refractivity contribution in [1.82, 2.24) is 9.78 Å². The summed E-state index contributed by atoms with van der Waals surface area (Å²) in [4.78, 5) is 13.3. The van der Waals surface area contributed by atoms with E-state index in [-0.39, 0.29) is 5.91 Å². The molecule has 1 amide bonds. The molecule has 5 nitrogen and oxygen atoms in total. The monoisotopic (exact) mass is 359 g/mol. The number of nitrogens with one attached hydrogen (secondary N) is 1. The lowest BCUT2D eigenvalue weighted by atomic mass is 9.96. The van der Waals surface area contributed by atoms with Gasteiger partial charge in [0.2, 0.25) is 5.91 Å². The predicted molar refractivity (Wildman–Crippen MR) is 101 cm³/mol. The zero-order valence-electron chi connectivity index (χ0n) is 14.6. The van der Waals surface area contributed by atoms with Crippen molar-refractivity contribution in [2.24, 2.45) is 0 Å². The van der Waals surface area contributed by atoms with E-state index < -0.39 is 0 Å². The molecule has 25 heavy (non-hydrogen) atoms. The fraction of sp³-hybridized carbons (Fsp3) is 0.474. The normalized spacial score (nSPS) is 15.1. The quantitative estimate of drug-likeness (QED) is 0.739. The summed E-state index contributed by atoms with van der Waals surface area (Å²) in [5.74, 6) is 2.04. The highest BCUT2D eigenvalue weighted by Crippen LogP contribution is 2.30. The maximum absolute atomic E-state index is 12.3. The Morgan fingerprint density at radius 2 is 2.00 bits per heavy atom. The minimum atomic E-state index is -0.00329. The summed E-state index contributed by atoms with van der Waals surface area (Å²) in [5, 5.41) is 7.43. The van der Waals surface area contributed by atoms with Crippen molar-refractivity contribution in [3.05, 3.63) is 36.5 Å². The van der Waals surface area contributed by atoms with E-state index in [2.05, 4.69) is 10.4 Å². The van der Waals surface area contributed by atoms with E-state index in [0.29, 0.717) is 18.4 Å². The van der Waals surface area contributed by atoms with Crippen molar-refractivity contribution in [3.63, 3.8) is 0 Å². The van der Waals surface area contributed by atoms with E-state index in [0.717, 1.165) is 29.3 Å². The number of aromatic nitrogens is 2. The molecule has 1 fully saturated rings. The standard InChI is InChI=1S/C19H25N3O2S/c1-2-24-16-8-10-17(11-9-16)25-14-19(23)21-18-12-13-20-22(18)15-6-4-3-5-7-15/h8-13,15H,2-7,14H2,1H3,(H,21,23). The number of rotatable bonds is 7. The van der Waals surface area contributed by atoms with Crippen LogP contribution in [0, 0.1) is 0 Å². The zero-order chi connectivity index (χ0) is 17.5. The van der Waals surface area contributed by atoms with Crippen LogP contribution in [0.15, 0.2) is 41.4 Å². The van der Waals surface area contributed by atoms with Crippen molar-refractivity contribution in [2.75, 3.05) is 17.7 Å². The number of hydrogen-bond donors (Lipinski definition) is 1. The summed E-state index contributed by atoms with van der Waals surface area (Å²) in [5.41, 5.74) is 0. The van der Waals surface area contributed by atoms with Crippen LogP contribution >= 0.6 is 11.8 Å². The molecular formula is C19H25N3O2S. The minimum absolute atomic E-state index is 0.00329. The smallest absolute Gasteiger partial charge is 0.235 e. The number of anilines is 1. The van der Waals surface area contributed by atoms with Gasteiger partial charge in [0, 0.05) is 11.0 Å². The SMILES string of the molecule is CCOc1ccc(SCC(=O)Nc2ccnn2C2CCCCC2)cc1. The number of nitrogens with zero attached hydrogens (tertiary/aromatic N) is 2. The van der Waals surface area contributed by atoms with Crippen LogP contribution in [0.5, 0.6) is 5.75 Å². The first kappa shape index (κ1) is 17.9. The lowest BCUT2D eigenvalue weighted by Crippen LogP contribution is -2.21. The molecule has 0 unspecified atom stereocenters. The van der Waals surface area contributed by atoms with Crippen LogP contribution in [0.1, 0.15) is 45.1 Å². The number of hydrogen-bond acceptors (Lipinski definition) is 4. The zero-order valence-corrected chi connectivity index (χ0v) is 15.4. The largest absolute Gasteiger partial charge is 0.494 e. The van der Waals surface area contributed by atoms with Crippen LogP contribution in [0.25, 0.3) is 0 Å². The predicted octanol–water partition coefficient (Wildman–Crippen LogP) is 4.52. The highest BCUT2D eigenvalue weighted by atomic mass is 32.2. The van der Waals surface area contributed by atoms with E-state index in [1.54, 1.807) is 6.20 Å². The number of benzene rings is 1. The average molecular weight is 359 g/mol. The van der Waals surface area contributed by atoms with Gasteiger partial charge in [0.05, 0.1) is 24.6 Å². The molecule has 1 aliphatic carbocycles. The molecule has 1 saturated carbocycles. The Bertz CT molecular complexity index is 678. The van der Waals surface area contributed by atoms with Gasteiger partial charge in [0.15, 0.2) is 0 Å². The van der Waals surface area contributed by atoms with Crippen LogP contribution in [0.3, 0.4) is 0 Å². The maximum atomic E-state index is 12.3. The van der Waals surface area contributed by atoms with Gasteiger partial charge in [-0.1, -0.05) is 19.3 Å². The summed E-state index contributed by atoms with van der Waals surface area (Å²) in [6, 6.07) is 10.1. The Morgan fingerprint density at radius 1 is 1.24 bits per heavy atom. The summed E-state index contributed by atoms with van der Waals surface area (Å²) >= 11 is 1.52. The van der Waals surface area contributed by atoms with Crippen LogP contribution < -0.4 is 10.1 Å². The van der Waals surface area contributed by atoms with Crippen molar-refractivity contribution in [1.29, 1.82) is 0 Å². The molecular weight excluding hydrogens is 334 g/mol. The van der Waals surface area contributed by atoms with E-state index >= 15 is 0 Å². The Balaban J connectivity index is 1.52.